The molecule has 13 heteroatoms. The fraction of sp³-hybridized carbons (Fsp3) is 0.273. The molecule has 1 saturated heterocycles. The fourth-order valence-electron chi connectivity index (χ4n) is 6.05. The predicted octanol–water partition coefficient (Wildman–Crippen LogP) is 5.41. The Hall–Kier alpha value is -4.75. The summed E-state index contributed by atoms with van der Waals surface area (Å²) in [6.07, 6.45) is 0. The SMILES string of the molecule is CCN(CC)c1ccc([C@H]2c3sc(=O)n(CC(=O)Nc4ccc(C)cc4)c3SC3C(=O)N(c4ccc([N+](=O)[O-])cc4)C(=O)C32)cc1. The molecule has 0 aliphatic carbocycles. The number of carbonyl (C=O) groups excluding carboxylic acids is 3. The average Bonchev–Trinajstić information content (AvgIpc) is 3.49. The molecule has 0 bridgehead atoms. The van der Waals surface area contributed by atoms with Gasteiger partial charge in [0.1, 0.15) is 11.8 Å². The van der Waals surface area contributed by atoms with Gasteiger partial charge in [0.15, 0.2) is 0 Å². The van der Waals surface area contributed by atoms with Gasteiger partial charge >= 0.3 is 4.87 Å². The zero-order chi connectivity index (χ0) is 32.7. The molecule has 1 fully saturated rings. The number of anilines is 3. The van der Waals surface area contributed by atoms with Crippen LogP contribution in [0.5, 0.6) is 0 Å². The van der Waals surface area contributed by atoms with E-state index in [4.69, 9.17) is 0 Å². The third kappa shape index (κ3) is 5.60. The Bertz CT molecular complexity index is 1880. The molecule has 0 spiro atoms. The zero-order valence-electron chi connectivity index (χ0n) is 25.3. The van der Waals surface area contributed by atoms with Crippen LogP contribution < -0.4 is 20.0 Å². The zero-order valence-corrected chi connectivity index (χ0v) is 27.0. The molecule has 11 nitrogen and oxygen atoms in total. The second kappa shape index (κ2) is 12.6. The van der Waals surface area contributed by atoms with Crippen molar-refractivity contribution in [2.75, 3.05) is 28.2 Å². The van der Waals surface area contributed by atoms with Crippen LogP contribution in [0.15, 0.2) is 82.6 Å². The van der Waals surface area contributed by atoms with E-state index < -0.39 is 39.7 Å². The molecule has 2 aliphatic rings. The van der Waals surface area contributed by atoms with Crippen LogP contribution in [0.2, 0.25) is 0 Å². The van der Waals surface area contributed by atoms with Crippen molar-refractivity contribution in [2.45, 2.75) is 43.5 Å². The number of nitrogens with zero attached hydrogens (tertiary/aromatic N) is 4. The summed E-state index contributed by atoms with van der Waals surface area (Å²) in [6, 6.07) is 20.4. The Morgan fingerprint density at radius 3 is 2.20 bits per heavy atom. The molecule has 0 radical (unpaired) electrons. The predicted molar refractivity (Wildman–Crippen MR) is 179 cm³/mol. The lowest BCUT2D eigenvalue weighted by Crippen LogP contribution is -2.33. The minimum absolute atomic E-state index is 0.157. The summed E-state index contributed by atoms with van der Waals surface area (Å²) in [7, 11) is 0. The molecule has 3 amide bonds. The van der Waals surface area contributed by atoms with E-state index in [1.165, 1.54) is 28.8 Å². The van der Waals surface area contributed by atoms with Crippen molar-refractivity contribution < 1.29 is 19.3 Å². The van der Waals surface area contributed by atoms with Crippen LogP contribution in [0.3, 0.4) is 0 Å². The first kappa shape index (κ1) is 31.2. The van der Waals surface area contributed by atoms with Gasteiger partial charge in [-0.05, 0) is 62.7 Å². The van der Waals surface area contributed by atoms with Gasteiger partial charge < -0.3 is 10.2 Å². The Balaban J connectivity index is 1.40. The molecule has 46 heavy (non-hydrogen) atoms. The van der Waals surface area contributed by atoms with Crippen molar-refractivity contribution in [3.05, 3.63) is 109 Å². The standard InChI is InChI=1S/C33H31N5O6S2/c1-4-35(5-2)22-12-8-20(9-13-22)26-27-28(31(41)37(30(27)40)23-14-16-24(17-15-23)38(43)44)45-32-29(26)46-33(42)36(32)18-25(39)34-21-10-6-19(3)7-11-21/h6-17,26-28H,4-5,18H2,1-3H3,(H,34,39)/t26-,27?,28?/m1/s1. The van der Waals surface area contributed by atoms with Crippen LogP contribution in [0, 0.1) is 23.0 Å². The van der Waals surface area contributed by atoms with Crippen LogP contribution >= 0.6 is 23.1 Å². The smallest absolute Gasteiger partial charge is 0.308 e. The second-order valence-electron chi connectivity index (χ2n) is 11.1. The summed E-state index contributed by atoms with van der Waals surface area (Å²) in [5.74, 6) is -2.75. The molecular formula is C33H31N5O6S2. The summed E-state index contributed by atoms with van der Waals surface area (Å²) < 4.78 is 1.38. The molecule has 0 saturated carbocycles. The van der Waals surface area contributed by atoms with E-state index in [0.717, 1.165) is 57.9 Å². The number of hydrogen-bond donors (Lipinski definition) is 1. The number of nitro benzene ring substituents is 1. The maximum Gasteiger partial charge on any atom is 0.308 e. The van der Waals surface area contributed by atoms with Crippen LogP contribution in [0.1, 0.15) is 35.8 Å². The number of imide groups is 1. The molecule has 2 unspecified atom stereocenters. The Morgan fingerprint density at radius 1 is 0.935 bits per heavy atom. The van der Waals surface area contributed by atoms with E-state index in [1.54, 1.807) is 12.1 Å². The molecule has 3 aromatic carbocycles. The van der Waals surface area contributed by atoms with Crippen molar-refractivity contribution in [2.24, 2.45) is 5.92 Å². The van der Waals surface area contributed by atoms with E-state index in [0.29, 0.717) is 15.6 Å². The minimum Gasteiger partial charge on any atom is -0.372 e. The third-order valence-electron chi connectivity index (χ3n) is 8.39. The minimum atomic E-state index is -0.872. The summed E-state index contributed by atoms with van der Waals surface area (Å²) in [5, 5.41) is 13.7. The quantitative estimate of drug-likeness (QED) is 0.144. The van der Waals surface area contributed by atoms with Gasteiger partial charge in [-0.3, -0.25) is 33.9 Å². The molecule has 2 aliphatic heterocycles. The van der Waals surface area contributed by atoms with Gasteiger partial charge in [0.2, 0.25) is 17.7 Å². The number of benzene rings is 3. The highest BCUT2D eigenvalue weighted by molar-refractivity contribution is 8.00. The highest BCUT2D eigenvalue weighted by Crippen LogP contribution is 2.54. The number of non-ortho nitro benzene ring substituents is 1. The highest BCUT2D eigenvalue weighted by Gasteiger charge is 2.56. The first-order valence-corrected chi connectivity index (χ1v) is 16.5. The monoisotopic (exact) mass is 657 g/mol. The van der Waals surface area contributed by atoms with Crippen LogP contribution in [-0.2, 0) is 20.9 Å². The maximum absolute atomic E-state index is 14.1. The van der Waals surface area contributed by atoms with Crippen molar-refractivity contribution in [1.82, 2.24) is 4.57 Å². The van der Waals surface area contributed by atoms with Crippen molar-refractivity contribution in [1.29, 1.82) is 0 Å². The van der Waals surface area contributed by atoms with Crippen LogP contribution in [-0.4, -0.2) is 45.6 Å². The number of carbonyl (C=O) groups is 3. The first-order chi connectivity index (χ1) is 22.1. The number of hydrogen-bond acceptors (Lipinski definition) is 9. The molecule has 1 aromatic heterocycles. The number of nitrogens with one attached hydrogen (secondary N) is 1. The van der Waals surface area contributed by atoms with Gasteiger partial charge in [-0.2, -0.15) is 0 Å². The van der Waals surface area contributed by atoms with E-state index >= 15 is 0 Å². The van der Waals surface area contributed by atoms with Crippen molar-refractivity contribution in [3.8, 4) is 0 Å². The lowest BCUT2D eigenvalue weighted by Gasteiger charge is -2.31. The van der Waals surface area contributed by atoms with Gasteiger partial charge in [0.25, 0.3) is 5.69 Å². The number of fused-ring (bicyclic) bond motifs is 2. The van der Waals surface area contributed by atoms with E-state index in [-0.39, 0.29) is 22.8 Å². The number of rotatable bonds is 9. The molecule has 4 aromatic rings. The Kier molecular flexibility index (Phi) is 8.53. The third-order valence-corrected chi connectivity index (χ3v) is 11.0. The first-order valence-electron chi connectivity index (χ1n) is 14.8. The van der Waals surface area contributed by atoms with Crippen LogP contribution in [0.25, 0.3) is 0 Å². The topological polar surface area (TPSA) is 135 Å². The highest BCUT2D eigenvalue weighted by atomic mass is 32.2. The second-order valence-corrected chi connectivity index (χ2v) is 13.3. The van der Waals surface area contributed by atoms with Gasteiger partial charge in [-0.25, -0.2) is 4.90 Å². The summed E-state index contributed by atoms with van der Waals surface area (Å²) in [5.41, 5.74) is 3.51. The Morgan fingerprint density at radius 2 is 1.59 bits per heavy atom. The maximum atomic E-state index is 14.1. The molecular weight excluding hydrogens is 627 g/mol. The number of aryl methyl sites for hydroxylation is 1. The average molecular weight is 658 g/mol. The molecule has 3 heterocycles. The summed E-state index contributed by atoms with van der Waals surface area (Å²) in [4.78, 5) is 68.9. The van der Waals surface area contributed by atoms with Crippen LogP contribution in [0.4, 0.5) is 22.7 Å². The van der Waals surface area contributed by atoms with Gasteiger partial charge in [0, 0.05) is 47.4 Å². The van der Waals surface area contributed by atoms with E-state index in [2.05, 4.69) is 24.1 Å². The number of thiazole rings is 1. The Labute approximate surface area is 273 Å². The normalized spacial score (nSPS) is 18.7. The van der Waals surface area contributed by atoms with Crippen molar-refractivity contribution in [3.63, 3.8) is 0 Å². The molecule has 1 N–H and O–H groups in total. The fourth-order valence-corrected chi connectivity index (χ4v) is 8.83. The van der Waals surface area contributed by atoms with Crippen molar-refractivity contribution >= 4 is 63.6 Å². The molecule has 236 valence electrons. The largest absolute Gasteiger partial charge is 0.372 e. The lowest BCUT2D eigenvalue weighted by molar-refractivity contribution is -0.384. The van der Waals surface area contributed by atoms with Gasteiger partial charge in [-0.15, -0.1) is 0 Å². The number of aromatic nitrogens is 1. The van der Waals surface area contributed by atoms with Gasteiger partial charge in [-0.1, -0.05) is 52.9 Å². The molecule has 3 atom stereocenters. The number of nitro groups is 1. The molecule has 6 rings (SSSR count). The number of thioether (sulfide) groups is 1. The lowest BCUT2D eigenvalue weighted by atomic mass is 9.83. The number of amides is 3. The van der Waals surface area contributed by atoms with E-state index in [9.17, 15) is 29.3 Å². The summed E-state index contributed by atoms with van der Waals surface area (Å²) in [6.45, 7) is 7.45. The van der Waals surface area contributed by atoms with Gasteiger partial charge in [0.05, 0.1) is 21.6 Å². The summed E-state index contributed by atoms with van der Waals surface area (Å²) >= 11 is 2.11. The van der Waals surface area contributed by atoms with E-state index in [1.807, 2.05) is 43.3 Å².